The minimum atomic E-state index is -2.27. The van der Waals surface area contributed by atoms with E-state index in [1.165, 1.54) is 0 Å². The molecule has 0 N–H and O–H groups in total. The third kappa shape index (κ3) is 12.8. The molecule has 2 nitrogen and oxygen atoms in total. The molecule has 4 heteroatoms. The van der Waals surface area contributed by atoms with Crippen LogP contribution in [0.3, 0.4) is 0 Å². The normalized spacial score (nSPS) is 2.00. The summed E-state index contributed by atoms with van der Waals surface area (Å²) in [7, 11) is 0. The van der Waals surface area contributed by atoms with E-state index in [0.717, 1.165) is 0 Å². The molecule has 0 heterocycles. The van der Waals surface area contributed by atoms with Crippen LogP contribution in [-0.2, 0) is 28.9 Å². The van der Waals surface area contributed by atoms with Crippen LogP contribution in [0.15, 0.2) is 0 Å². The Morgan fingerprint density at radius 3 is 1.25 bits per heavy atom. The topological polar surface area (TPSA) is 34.1 Å². The van der Waals surface area contributed by atoms with Crippen LogP contribution < -0.4 is 0 Å². The molecule has 1 unspecified atom stereocenters. The van der Waals surface area contributed by atoms with E-state index in [2.05, 4.69) is 0 Å². The van der Waals surface area contributed by atoms with Crippen LogP contribution in [0, 0.1) is 0 Å². The molecule has 0 saturated heterocycles. The van der Waals surface area contributed by atoms with E-state index in [9.17, 15) is 0 Å². The fourth-order valence-corrected chi connectivity index (χ4v) is 0. The van der Waals surface area contributed by atoms with Gasteiger partial charge >= 0.3 is 28.9 Å². The van der Waals surface area contributed by atoms with Crippen molar-refractivity contribution in [3.63, 3.8) is 0 Å². The molecule has 0 aromatic heterocycles. The van der Waals surface area contributed by atoms with Gasteiger partial charge in [0.2, 0.25) is 0 Å². The number of hydrogen-bond donors (Lipinski definition) is 0. The minimum absolute atomic E-state index is 0. The van der Waals surface area contributed by atoms with Crippen LogP contribution in [0.25, 0.3) is 0 Å². The molecule has 0 aromatic rings. The molecular weight excluding hydrogens is 154 g/mol. The van der Waals surface area contributed by atoms with Gasteiger partial charge in [0.1, 0.15) is 0 Å². The van der Waals surface area contributed by atoms with Crippen LogP contribution in [0.1, 0.15) is 0 Å². The number of rotatable bonds is 0. The summed E-state index contributed by atoms with van der Waals surface area (Å²) in [6.07, 6.45) is 0. The molecule has 4 heavy (non-hydrogen) atoms. The third-order valence-electron chi connectivity index (χ3n) is 0. The van der Waals surface area contributed by atoms with E-state index in [1.54, 1.807) is 0 Å². The maximum absolute atomic E-state index is 8.54. The van der Waals surface area contributed by atoms with Crippen LogP contribution in [0.4, 0.5) is 0 Å². The van der Waals surface area contributed by atoms with Crippen LogP contribution >= 0.6 is 9.90 Å². The zero-order chi connectivity index (χ0) is 2.71. The first-order valence-electron chi connectivity index (χ1n) is 0.408. The van der Waals surface area contributed by atoms with E-state index in [-0.39, 0.29) is 9.90 Å². The quantitative estimate of drug-likeness (QED) is 0.457. The van der Waals surface area contributed by atoms with Gasteiger partial charge in [0.15, 0.2) is 0 Å². The van der Waals surface area contributed by atoms with Crippen molar-refractivity contribution in [2.24, 2.45) is 0 Å². The van der Waals surface area contributed by atoms with Crippen molar-refractivity contribution in [1.82, 2.24) is 0 Å². The van der Waals surface area contributed by atoms with Gasteiger partial charge in [-0.3, -0.25) is 0 Å². The van der Waals surface area contributed by atoms with Crippen molar-refractivity contribution in [2.75, 3.05) is 0 Å². The Bertz CT molecular complexity index is 27.0. The summed E-state index contributed by atoms with van der Waals surface area (Å²) in [5.41, 5.74) is 0. The fourth-order valence-electron chi connectivity index (χ4n) is 0. The summed E-state index contributed by atoms with van der Waals surface area (Å²) in [4.78, 5) is 0. The van der Waals surface area contributed by atoms with E-state index in [1.807, 2.05) is 0 Å². The molecule has 0 aliphatic rings. The molecular formula is H3O2PZr. The van der Waals surface area contributed by atoms with E-state index >= 15 is 0 Å². The zero-order valence-corrected chi connectivity index (χ0v) is 5.90. The second kappa shape index (κ2) is 9.07. The predicted molar refractivity (Wildman–Crippen MR) is 12.5 cm³/mol. The summed E-state index contributed by atoms with van der Waals surface area (Å²) in [5.74, 6) is 0. The van der Waals surface area contributed by atoms with Crippen molar-refractivity contribution in [2.45, 2.75) is 0 Å². The van der Waals surface area contributed by atoms with Gasteiger partial charge in [-0.1, -0.05) is 0 Å². The van der Waals surface area contributed by atoms with Gasteiger partial charge < -0.3 is 0 Å². The molecule has 0 aliphatic heterocycles. The molecule has 0 amide bonds. The van der Waals surface area contributed by atoms with Crippen molar-refractivity contribution in [3.8, 4) is 0 Å². The van der Waals surface area contributed by atoms with Crippen LogP contribution in [0.2, 0.25) is 0 Å². The van der Waals surface area contributed by atoms with E-state index in [4.69, 9.17) is 5.63 Å². The van der Waals surface area contributed by atoms with Crippen molar-refractivity contribution < 1.29 is 28.9 Å². The Kier molecular flexibility index (Phi) is 20.1. The Morgan fingerprint density at radius 2 is 1.25 bits per heavy atom. The summed E-state index contributed by atoms with van der Waals surface area (Å²) in [6.45, 7) is 0. The van der Waals surface area contributed by atoms with Crippen LogP contribution in [0.5, 0.6) is 0 Å². The summed E-state index contributed by atoms with van der Waals surface area (Å²) in [6, 6.07) is 0. The molecule has 0 rings (SSSR count). The van der Waals surface area contributed by atoms with Gasteiger partial charge in [-0.25, -0.2) is 0 Å². The van der Waals surface area contributed by atoms with Crippen molar-refractivity contribution in [3.05, 3.63) is 0 Å². The molecule has 0 aromatic carbocycles. The average Bonchev–Trinajstić information content (AvgIpc) is 0.918. The molecule has 0 bridgehead atoms. The summed E-state index contributed by atoms with van der Waals surface area (Å²) >= 11 is -2.27. The first kappa shape index (κ1) is 8.87. The Labute approximate surface area is 39.0 Å². The summed E-state index contributed by atoms with van der Waals surface area (Å²) in [5, 5.41) is 0. The monoisotopic (exact) mass is 156 g/mol. The van der Waals surface area contributed by atoms with Gasteiger partial charge in [0.25, 0.3) is 0 Å². The van der Waals surface area contributed by atoms with E-state index in [0.29, 0.717) is 0 Å². The SMILES string of the molecule is P.[O]=[Zr]=[O]. The standard InChI is InChI=1S/2O.H3P.Zr/h;;1H3;. The second-order valence-corrected chi connectivity index (χ2v) is 0.493. The molecule has 1 atom stereocenters. The molecule has 0 saturated carbocycles. The second-order valence-electron chi connectivity index (χ2n) is 0.0833. The third-order valence-corrected chi connectivity index (χ3v) is 0. The van der Waals surface area contributed by atoms with Gasteiger partial charge in [-0.15, -0.1) is 0 Å². The first-order chi connectivity index (χ1) is 1.41. The predicted octanol–water partition coefficient (Wildman–Crippen LogP) is -0.182. The van der Waals surface area contributed by atoms with Crippen molar-refractivity contribution in [1.29, 1.82) is 0 Å². The van der Waals surface area contributed by atoms with Crippen LogP contribution in [-0.4, -0.2) is 0 Å². The van der Waals surface area contributed by atoms with E-state index < -0.39 is 23.2 Å². The fraction of sp³-hybridized carbons (Fsp3) is 0. The first-order valence-corrected chi connectivity index (χ1v) is 2.42. The van der Waals surface area contributed by atoms with Gasteiger partial charge in [0, 0.05) is 0 Å². The Morgan fingerprint density at radius 1 is 1.25 bits per heavy atom. The molecule has 0 aliphatic carbocycles. The molecule has 0 fully saturated rings. The summed E-state index contributed by atoms with van der Waals surface area (Å²) < 4.78 is 17.1. The maximum atomic E-state index is 8.54. The Hall–Kier alpha value is 0.913. The molecule has 24 valence electrons. The average molecular weight is 157 g/mol. The van der Waals surface area contributed by atoms with Gasteiger partial charge in [-0.05, 0) is 0 Å². The molecule has 0 spiro atoms. The van der Waals surface area contributed by atoms with Gasteiger partial charge in [-0.2, -0.15) is 9.90 Å². The Balaban J connectivity index is 0. The number of hydrogen-bond acceptors (Lipinski definition) is 2. The zero-order valence-electron chi connectivity index (χ0n) is 2.02. The molecule has 0 radical (unpaired) electrons. The van der Waals surface area contributed by atoms with Crippen molar-refractivity contribution >= 4 is 9.90 Å². The van der Waals surface area contributed by atoms with Gasteiger partial charge in [0.05, 0.1) is 0 Å².